The lowest BCUT2D eigenvalue weighted by Crippen LogP contribution is -2.21. The first kappa shape index (κ1) is 16.2. The average molecular weight is 334 g/mol. The quantitative estimate of drug-likeness (QED) is 0.880. The fourth-order valence-electron chi connectivity index (χ4n) is 2.92. The van der Waals surface area contributed by atoms with Gasteiger partial charge in [0.2, 0.25) is 0 Å². The molecule has 1 saturated heterocycles. The second kappa shape index (κ2) is 7.29. The van der Waals surface area contributed by atoms with Crippen molar-refractivity contribution < 1.29 is 14.6 Å². The third-order valence-electron chi connectivity index (χ3n) is 4.20. The van der Waals surface area contributed by atoms with Gasteiger partial charge in [0.15, 0.2) is 11.5 Å². The fourth-order valence-corrected chi connectivity index (χ4v) is 3.72. The maximum absolute atomic E-state index is 9.23. The molecule has 0 spiro atoms. The highest BCUT2D eigenvalue weighted by Crippen LogP contribution is 2.33. The summed E-state index contributed by atoms with van der Waals surface area (Å²) in [7, 11) is 3.27. The second-order valence-corrected chi connectivity index (χ2v) is 6.64. The number of nitrogens with zero attached hydrogens (tertiary/aromatic N) is 2. The first-order valence-electron chi connectivity index (χ1n) is 7.73. The van der Waals surface area contributed by atoms with Gasteiger partial charge in [0.25, 0.3) is 0 Å². The minimum atomic E-state index is 0.282. The molecule has 6 heteroatoms. The molecule has 0 aliphatic carbocycles. The van der Waals surface area contributed by atoms with E-state index in [0.717, 1.165) is 48.1 Å². The van der Waals surface area contributed by atoms with Gasteiger partial charge in [-0.15, -0.1) is 11.3 Å². The van der Waals surface area contributed by atoms with Gasteiger partial charge in [-0.05, 0) is 37.1 Å². The minimum Gasteiger partial charge on any atom is -0.493 e. The summed E-state index contributed by atoms with van der Waals surface area (Å²) in [4.78, 5) is 7.10. The van der Waals surface area contributed by atoms with E-state index in [4.69, 9.17) is 14.5 Å². The van der Waals surface area contributed by atoms with E-state index >= 15 is 0 Å². The van der Waals surface area contributed by atoms with E-state index < -0.39 is 0 Å². The Morgan fingerprint density at radius 1 is 1.30 bits per heavy atom. The van der Waals surface area contributed by atoms with E-state index in [0.29, 0.717) is 11.7 Å². The Kier molecular flexibility index (Phi) is 5.15. The van der Waals surface area contributed by atoms with Gasteiger partial charge in [-0.3, -0.25) is 4.90 Å². The van der Waals surface area contributed by atoms with Crippen molar-refractivity contribution in [2.24, 2.45) is 5.92 Å². The predicted octanol–water partition coefficient (Wildman–Crippen LogP) is 2.64. The summed E-state index contributed by atoms with van der Waals surface area (Å²) >= 11 is 1.64. The molecule has 1 aromatic heterocycles. The molecule has 1 N–H and O–H groups in total. The van der Waals surface area contributed by atoms with Crippen molar-refractivity contribution in [3.05, 3.63) is 29.3 Å². The Bertz CT molecular complexity index is 659. The van der Waals surface area contributed by atoms with Crippen molar-refractivity contribution >= 4 is 11.3 Å². The van der Waals surface area contributed by atoms with E-state index in [2.05, 4.69) is 10.3 Å². The number of likely N-dealkylation sites (tertiary alicyclic amines) is 1. The van der Waals surface area contributed by atoms with Crippen LogP contribution in [-0.4, -0.2) is 48.9 Å². The summed E-state index contributed by atoms with van der Waals surface area (Å²) in [6.07, 6.45) is 1.07. The zero-order valence-corrected chi connectivity index (χ0v) is 14.3. The Balaban J connectivity index is 1.72. The lowest BCUT2D eigenvalue weighted by Gasteiger charge is -2.13. The number of aromatic nitrogens is 1. The Labute approximate surface area is 140 Å². The fraction of sp³-hybridized carbons (Fsp3) is 0.471. The average Bonchev–Trinajstić information content (AvgIpc) is 3.24. The Morgan fingerprint density at radius 3 is 2.83 bits per heavy atom. The van der Waals surface area contributed by atoms with Crippen molar-refractivity contribution in [2.45, 2.75) is 13.0 Å². The van der Waals surface area contributed by atoms with Crippen LogP contribution < -0.4 is 9.47 Å². The van der Waals surface area contributed by atoms with Crippen LogP contribution in [0.2, 0.25) is 0 Å². The number of ether oxygens (including phenoxy) is 2. The maximum Gasteiger partial charge on any atom is 0.161 e. The molecule has 1 atom stereocenters. The van der Waals surface area contributed by atoms with Crippen molar-refractivity contribution in [3.63, 3.8) is 0 Å². The van der Waals surface area contributed by atoms with Crippen LogP contribution in [0.1, 0.15) is 12.1 Å². The number of hydrogen-bond acceptors (Lipinski definition) is 6. The Morgan fingerprint density at radius 2 is 2.13 bits per heavy atom. The summed E-state index contributed by atoms with van der Waals surface area (Å²) in [5, 5.41) is 12.3. The first-order valence-corrected chi connectivity index (χ1v) is 8.61. The van der Waals surface area contributed by atoms with Gasteiger partial charge in [0.1, 0.15) is 5.01 Å². The molecule has 1 unspecified atom stereocenters. The van der Waals surface area contributed by atoms with Gasteiger partial charge in [-0.2, -0.15) is 0 Å². The number of aliphatic hydroxyl groups is 1. The number of thiazole rings is 1. The van der Waals surface area contributed by atoms with E-state index in [1.165, 1.54) is 0 Å². The number of hydrogen-bond donors (Lipinski definition) is 1. The van der Waals surface area contributed by atoms with Gasteiger partial charge >= 0.3 is 0 Å². The van der Waals surface area contributed by atoms with Gasteiger partial charge in [-0.1, -0.05) is 0 Å². The van der Waals surface area contributed by atoms with Gasteiger partial charge < -0.3 is 14.6 Å². The third kappa shape index (κ3) is 3.65. The van der Waals surface area contributed by atoms with Crippen LogP contribution in [0.3, 0.4) is 0 Å². The summed E-state index contributed by atoms with van der Waals surface area (Å²) in [5.41, 5.74) is 2.12. The van der Waals surface area contributed by atoms with Gasteiger partial charge in [0.05, 0.1) is 19.9 Å². The SMILES string of the molecule is COc1ccc(-c2nc(CN3CCC(CO)C3)cs2)cc1OC. The molecule has 2 heterocycles. The summed E-state index contributed by atoms with van der Waals surface area (Å²) in [6, 6.07) is 5.86. The smallest absolute Gasteiger partial charge is 0.161 e. The number of benzene rings is 1. The molecular weight excluding hydrogens is 312 g/mol. The molecule has 23 heavy (non-hydrogen) atoms. The summed E-state index contributed by atoms with van der Waals surface area (Å²) < 4.78 is 10.6. The molecule has 3 rings (SSSR count). The zero-order chi connectivity index (χ0) is 16.2. The van der Waals surface area contributed by atoms with E-state index in [9.17, 15) is 5.11 Å². The molecule has 0 saturated carbocycles. The largest absolute Gasteiger partial charge is 0.493 e. The van der Waals surface area contributed by atoms with Crippen LogP contribution in [0, 0.1) is 5.92 Å². The van der Waals surface area contributed by atoms with E-state index in [1.54, 1.807) is 25.6 Å². The van der Waals surface area contributed by atoms with Crippen LogP contribution >= 0.6 is 11.3 Å². The van der Waals surface area contributed by atoms with Crippen molar-refractivity contribution in [1.29, 1.82) is 0 Å². The van der Waals surface area contributed by atoms with Gasteiger partial charge in [0, 0.05) is 30.6 Å². The highest BCUT2D eigenvalue weighted by atomic mass is 32.1. The normalized spacial score (nSPS) is 18.3. The molecule has 1 aliphatic rings. The monoisotopic (exact) mass is 334 g/mol. The van der Waals surface area contributed by atoms with Crippen molar-refractivity contribution in [1.82, 2.24) is 9.88 Å². The standard InChI is InChI=1S/C17H22N2O3S/c1-21-15-4-3-13(7-16(15)22-2)17-18-14(11-23-17)9-19-6-5-12(8-19)10-20/h3-4,7,11-12,20H,5-6,8-10H2,1-2H3. The Hall–Kier alpha value is -1.63. The molecule has 0 bridgehead atoms. The van der Waals surface area contributed by atoms with E-state index in [1.807, 2.05) is 18.2 Å². The summed E-state index contributed by atoms with van der Waals surface area (Å²) in [5.74, 6) is 1.85. The zero-order valence-electron chi connectivity index (χ0n) is 13.5. The van der Waals surface area contributed by atoms with E-state index in [-0.39, 0.29) is 6.61 Å². The third-order valence-corrected chi connectivity index (χ3v) is 5.14. The first-order chi connectivity index (χ1) is 11.2. The molecule has 1 aliphatic heterocycles. The van der Waals surface area contributed by atoms with Crippen LogP contribution in [0.5, 0.6) is 11.5 Å². The molecule has 0 amide bonds. The lowest BCUT2D eigenvalue weighted by molar-refractivity contribution is 0.219. The van der Waals surface area contributed by atoms with Crippen LogP contribution in [-0.2, 0) is 6.54 Å². The van der Waals surface area contributed by atoms with Crippen LogP contribution in [0.15, 0.2) is 23.6 Å². The molecule has 1 fully saturated rings. The highest BCUT2D eigenvalue weighted by Gasteiger charge is 2.22. The maximum atomic E-state index is 9.23. The molecule has 0 radical (unpaired) electrons. The topological polar surface area (TPSA) is 54.8 Å². The van der Waals surface area contributed by atoms with Crippen LogP contribution in [0.4, 0.5) is 0 Å². The molecule has 1 aromatic carbocycles. The second-order valence-electron chi connectivity index (χ2n) is 5.79. The number of methoxy groups -OCH3 is 2. The summed E-state index contributed by atoms with van der Waals surface area (Å²) in [6.45, 7) is 3.12. The van der Waals surface area contributed by atoms with Crippen LogP contribution in [0.25, 0.3) is 10.6 Å². The van der Waals surface area contributed by atoms with Gasteiger partial charge in [-0.25, -0.2) is 4.98 Å². The molecule has 2 aromatic rings. The molecule has 124 valence electrons. The minimum absolute atomic E-state index is 0.282. The number of rotatable bonds is 6. The van der Waals surface area contributed by atoms with Crippen molar-refractivity contribution in [2.75, 3.05) is 33.9 Å². The number of aliphatic hydroxyl groups excluding tert-OH is 1. The van der Waals surface area contributed by atoms with Crippen molar-refractivity contribution in [3.8, 4) is 22.1 Å². The predicted molar refractivity (Wildman–Crippen MR) is 91.1 cm³/mol. The lowest BCUT2D eigenvalue weighted by atomic mass is 10.1. The highest BCUT2D eigenvalue weighted by molar-refractivity contribution is 7.13. The molecule has 5 nitrogen and oxygen atoms in total. The molecular formula is C17H22N2O3S.